The molecule has 1 aliphatic heterocycles. The fourth-order valence-corrected chi connectivity index (χ4v) is 2.23. The molecular formula is C12H11ClN2O6. The molecular weight excluding hydrogens is 304 g/mol. The van der Waals surface area contributed by atoms with Gasteiger partial charge in [-0.2, -0.15) is 0 Å². The Kier molecular flexibility index (Phi) is 4.10. The lowest BCUT2D eigenvalue weighted by atomic mass is 9.98. The summed E-state index contributed by atoms with van der Waals surface area (Å²) in [5.41, 5.74) is -1.79. The molecule has 0 spiro atoms. The van der Waals surface area contributed by atoms with E-state index in [-0.39, 0.29) is 35.9 Å². The molecule has 2 rings (SSSR count). The van der Waals surface area contributed by atoms with E-state index in [9.17, 15) is 24.8 Å². The molecule has 1 atom stereocenters. The van der Waals surface area contributed by atoms with Crippen LogP contribution in [-0.2, 0) is 9.53 Å². The third-order valence-electron chi connectivity index (χ3n) is 3.19. The van der Waals surface area contributed by atoms with Crippen LogP contribution in [0.5, 0.6) is 0 Å². The van der Waals surface area contributed by atoms with E-state index < -0.39 is 22.3 Å². The molecule has 1 aliphatic rings. The monoisotopic (exact) mass is 314 g/mol. The van der Waals surface area contributed by atoms with E-state index in [2.05, 4.69) is 5.32 Å². The highest BCUT2D eigenvalue weighted by atomic mass is 35.5. The van der Waals surface area contributed by atoms with E-state index in [1.807, 2.05) is 0 Å². The number of hydrogen-bond donors (Lipinski definition) is 2. The number of carbonyl (C=O) groups excluding carboxylic acids is 1. The first-order valence-corrected chi connectivity index (χ1v) is 6.31. The fraction of sp³-hybridized carbons (Fsp3) is 0.333. The SMILES string of the molecule is O=C(NC1(C(=O)O)CCOC1)c1ccc([N+](=O)[O-])cc1Cl. The molecule has 1 unspecified atom stereocenters. The Hall–Kier alpha value is -2.19. The number of carbonyl (C=O) groups is 2. The average Bonchev–Trinajstić information content (AvgIpc) is 2.88. The number of hydrogen-bond acceptors (Lipinski definition) is 5. The van der Waals surface area contributed by atoms with Crippen LogP contribution < -0.4 is 5.32 Å². The minimum Gasteiger partial charge on any atom is -0.479 e. The first-order valence-electron chi connectivity index (χ1n) is 5.93. The van der Waals surface area contributed by atoms with Crippen molar-refractivity contribution in [2.45, 2.75) is 12.0 Å². The first-order chi connectivity index (χ1) is 9.85. The Morgan fingerprint density at radius 1 is 1.48 bits per heavy atom. The number of nitrogens with one attached hydrogen (secondary N) is 1. The van der Waals surface area contributed by atoms with Crippen molar-refractivity contribution < 1.29 is 24.4 Å². The zero-order valence-electron chi connectivity index (χ0n) is 10.7. The lowest BCUT2D eigenvalue weighted by molar-refractivity contribution is -0.384. The van der Waals surface area contributed by atoms with Gasteiger partial charge in [0.25, 0.3) is 11.6 Å². The molecule has 21 heavy (non-hydrogen) atoms. The summed E-state index contributed by atoms with van der Waals surface area (Å²) in [5, 5.41) is 22.1. The number of ether oxygens (including phenoxy) is 1. The highest BCUT2D eigenvalue weighted by Gasteiger charge is 2.44. The van der Waals surface area contributed by atoms with Crippen molar-refractivity contribution in [2.24, 2.45) is 0 Å². The summed E-state index contributed by atoms with van der Waals surface area (Å²) in [4.78, 5) is 33.4. The summed E-state index contributed by atoms with van der Waals surface area (Å²) in [7, 11) is 0. The maximum Gasteiger partial charge on any atom is 0.331 e. The number of halogens is 1. The third kappa shape index (κ3) is 2.96. The van der Waals surface area contributed by atoms with Crippen LogP contribution in [0.2, 0.25) is 5.02 Å². The number of non-ortho nitro benzene ring substituents is 1. The highest BCUT2D eigenvalue weighted by molar-refractivity contribution is 6.34. The maximum absolute atomic E-state index is 12.1. The number of carboxylic acids is 1. The highest BCUT2D eigenvalue weighted by Crippen LogP contribution is 2.25. The number of nitrogens with zero attached hydrogens (tertiary/aromatic N) is 1. The second kappa shape index (κ2) is 5.66. The smallest absolute Gasteiger partial charge is 0.331 e. The van der Waals surface area contributed by atoms with Crippen LogP contribution in [0, 0.1) is 10.1 Å². The van der Waals surface area contributed by atoms with Crippen LogP contribution in [0.15, 0.2) is 18.2 Å². The van der Waals surface area contributed by atoms with Gasteiger partial charge in [-0.1, -0.05) is 11.6 Å². The molecule has 112 valence electrons. The van der Waals surface area contributed by atoms with Gasteiger partial charge >= 0.3 is 5.97 Å². The summed E-state index contributed by atoms with van der Waals surface area (Å²) < 4.78 is 5.02. The number of carboxylic acid groups (broad SMARTS) is 1. The molecule has 2 N–H and O–H groups in total. The molecule has 9 heteroatoms. The maximum atomic E-state index is 12.1. The number of amides is 1. The minimum atomic E-state index is -1.50. The number of benzene rings is 1. The van der Waals surface area contributed by atoms with E-state index in [1.54, 1.807) is 0 Å². The Bertz CT molecular complexity index is 612. The molecule has 8 nitrogen and oxygen atoms in total. The standard InChI is InChI=1S/C12H11ClN2O6/c13-9-5-7(15(19)20)1-2-8(9)10(16)14-12(11(17)18)3-4-21-6-12/h1-2,5H,3-4,6H2,(H,14,16)(H,17,18). The van der Waals surface area contributed by atoms with Crippen molar-refractivity contribution in [2.75, 3.05) is 13.2 Å². The number of nitro benzene ring substituents is 1. The second-order valence-corrected chi connectivity index (χ2v) is 4.97. The lowest BCUT2D eigenvalue weighted by Crippen LogP contribution is -2.55. The predicted octanol–water partition coefficient (Wildman–Crippen LogP) is 1.22. The predicted molar refractivity (Wildman–Crippen MR) is 71.4 cm³/mol. The van der Waals surface area contributed by atoms with E-state index in [1.165, 1.54) is 6.07 Å². The fourth-order valence-electron chi connectivity index (χ4n) is 1.97. The molecule has 1 heterocycles. The van der Waals surface area contributed by atoms with E-state index in [4.69, 9.17) is 16.3 Å². The lowest BCUT2D eigenvalue weighted by Gasteiger charge is -2.23. The van der Waals surface area contributed by atoms with Crippen molar-refractivity contribution in [1.82, 2.24) is 5.32 Å². The summed E-state index contributed by atoms with van der Waals surface area (Å²) in [6.07, 6.45) is 0.138. The second-order valence-electron chi connectivity index (χ2n) is 4.57. The van der Waals surface area contributed by atoms with Crippen LogP contribution in [-0.4, -0.2) is 40.7 Å². The summed E-state index contributed by atoms with van der Waals surface area (Å²) in [6.45, 7) is 0.0826. The number of aliphatic carboxylic acids is 1. The van der Waals surface area contributed by atoms with E-state index in [0.29, 0.717) is 0 Å². The Morgan fingerprint density at radius 2 is 2.19 bits per heavy atom. The average molecular weight is 315 g/mol. The zero-order chi connectivity index (χ0) is 15.6. The van der Waals surface area contributed by atoms with Crippen LogP contribution in [0.3, 0.4) is 0 Å². The van der Waals surface area contributed by atoms with Gasteiger partial charge in [0, 0.05) is 25.2 Å². The van der Waals surface area contributed by atoms with Gasteiger partial charge < -0.3 is 15.2 Å². The summed E-state index contributed by atoms with van der Waals surface area (Å²) in [6, 6.07) is 3.34. The molecule has 0 radical (unpaired) electrons. The molecule has 1 aromatic carbocycles. The van der Waals surface area contributed by atoms with Gasteiger partial charge in [-0.25, -0.2) is 4.79 Å². The molecule has 0 bridgehead atoms. The third-order valence-corrected chi connectivity index (χ3v) is 3.50. The molecule has 1 saturated heterocycles. The van der Waals surface area contributed by atoms with Crippen molar-refractivity contribution in [3.8, 4) is 0 Å². The minimum absolute atomic E-state index is 0.0326. The van der Waals surface area contributed by atoms with Crippen molar-refractivity contribution in [1.29, 1.82) is 0 Å². The van der Waals surface area contributed by atoms with Gasteiger partial charge in [0.2, 0.25) is 0 Å². The van der Waals surface area contributed by atoms with Gasteiger partial charge in [-0.05, 0) is 6.07 Å². The van der Waals surface area contributed by atoms with Crippen molar-refractivity contribution >= 4 is 29.2 Å². The summed E-state index contributed by atoms with van der Waals surface area (Å²) in [5.74, 6) is -1.92. The number of nitro groups is 1. The van der Waals surface area contributed by atoms with Gasteiger partial charge in [0.05, 0.1) is 22.1 Å². The van der Waals surface area contributed by atoms with E-state index in [0.717, 1.165) is 12.1 Å². The van der Waals surface area contributed by atoms with Gasteiger partial charge in [0.15, 0.2) is 5.54 Å². The molecule has 1 amide bonds. The largest absolute Gasteiger partial charge is 0.479 e. The molecule has 0 aliphatic carbocycles. The topological polar surface area (TPSA) is 119 Å². The van der Waals surface area contributed by atoms with Gasteiger partial charge in [-0.3, -0.25) is 14.9 Å². The molecule has 1 aromatic rings. The normalized spacial score (nSPS) is 21.0. The number of rotatable bonds is 4. The van der Waals surface area contributed by atoms with Crippen LogP contribution in [0.1, 0.15) is 16.8 Å². The van der Waals surface area contributed by atoms with Gasteiger partial charge in [0.1, 0.15) is 0 Å². The summed E-state index contributed by atoms with van der Waals surface area (Å²) >= 11 is 5.83. The van der Waals surface area contributed by atoms with Crippen LogP contribution in [0.25, 0.3) is 0 Å². The van der Waals surface area contributed by atoms with Crippen molar-refractivity contribution in [3.63, 3.8) is 0 Å². The van der Waals surface area contributed by atoms with Crippen LogP contribution in [0.4, 0.5) is 5.69 Å². The molecule has 0 saturated carbocycles. The van der Waals surface area contributed by atoms with E-state index >= 15 is 0 Å². The Labute approximate surface area is 123 Å². The van der Waals surface area contributed by atoms with Crippen molar-refractivity contribution in [3.05, 3.63) is 38.9 Å². The zero-order valence-corrected chi connectivity index (χ0v) is 11.4. The van der Waals surface area contributed by atoms with Gasteiger partial charge in [-0.15, -0.1) is 0 Å². The molecule has 1 fully saturated rings. The quantitative estimate of drug-likeness (QED) is 0.637. The Morgan fingerprint density at radius 3 is 2.67 bits per heavy atom. The first kappa shape index (κ1) is 15.2. The van der Waals surface area contributed by atoms with Crippen LogP contribution >= 0.6 is 11.6 Å². The molecule has 0 aromatic heterocycles. The Balaban J connectivity index is 2.24.